The summed E-state index contributed by atoms with van der Waals surface area (Å²) in [4.78, 5) is 0. The van der Waals surface area contributed by atoms with Crippen LogP contribution in [0.1, 0.15) is 32.3 Å². The van der Waals surface area contributed by atoms with Crippen LogP contribution < -0.4 is 4.74 Å². The van der Waals surface area contributed by atoms with Crippen LogP contribution in [0.3, 0.4) is 0 Å². The molecule has 1 rings (SSSR count). The zero-order valence-corrected chi connectivity index (χ0v) is 9.57. The van der Waals surface area contributed by atoms with Gasteiger partial charge in [-0.3, -0.25) is 0 Å². The lowest BCUT2D eigenvalue weighted by Gasteiger charge is -2.08. The molecule has 15 heavy (non-hydrogen) atoms. The molecule has 0 unspecified atom stereocenters. The van der Waals surface area contributed by atoms with E-state index in [1.807, 2.05) is 24.3 Å². The fourth-order valence-electron chi connectivity index (χ4n) is 1.42. The van der Waals surface area contributed by atoms with E-state index in [-0.39, 0.29) is 6.61 Å². The summed E-state index contributed by atoms with van der Waals surface area (Å²) >= 11 is 0. The molecule has 84 valence electrons. The maximum absolute atomic E-state index is 8.95. The van der Waals surface area contributed by atoms with Crippen LogP contribution in [0.5, 0.6) is 5.75 Å². The summed E-state index contributed by atoms with van der Waals surface area (Å²) in [5.41, 5.74) is 0.899. The highest BCUT2D eigenvalue weighted by molar-refractivity contribution is 5.27. The first-order valence-electron chi connectivity index (χ1n) is 5.55. The van der Waals surface area contributed by atoms with E-state index in [1.165, 1.54) is 6.42 Å². The third kappa shape index (κ3) is 4.84. The van der Waals surface area contributed by atoms with Gasteiger partial charge in [-0.1, -0.05) is 26.0 Å². The quantitative estimate of drug-likeness (QED) is 0.728. The van der Waals surface area contributed by atoms with Crippen molar-refractivity contribution in [2.24, 2.45) is 5.92 Å². The number of hydrogen-bond acceptors (Lipinski definition) is 2. The summed E-state index contributed by atoms with van der Waals surface area (Å²) in [6.07, 6.45) is 2.28. The molecular weight excluding hydrogens is 188 g/mol. The van der Waals surface area contributed by atoms with Crippen molar-refractivity contribution in [3.05, 3.63) is 29.8 Å². The zero-order valence-electron chi connectivity index (χ0n) is 9.57. The van der Waals surface area contributed by atoms with Crippen molar-refractivity contribution in [3.8, 4) is 5.75 Å². The second-order valence-corrected chi connectivity index (χ2v) is 4.19. The van der Waals surface area contributed by atoms with E-state index >= 15 is 0 Å². The van der Waals surface area contributed by atoms with Crippen molar-refractivity contribution in [2.75, 3.05) is 6.61 Å². The molecule has 2 nitrogen and oxygen atoms in total. The maximum Gasteiger partial charge on any atom is 0.119 e. The van der Waals surface area contributed by atoms with Crippen LogP contribution in [-0.2, 0) is 6.61 Å². The number of hydrogen-bond donors (Lipinski definition) is 1. The molecule has 0 atom stereocenters. The van der Waals surface area contributed by atoms with Crippen LogP contribution in [0, 0.1) is 5.92 Å². The first-order chi connectivity index (χ1) is 7.22. The van der Waals surface area contributed by atoms with Gasteiger partial charge in [0.2, 0.25) is 0 Å². The van der Waals surface area contributed by atoms with Crippen LogP contribution in [-0.4, -0.2) is 11.7 Å². The molecule has 0 aliphatic carbocycles. The highest BCUT2D eigenvalue weighted by Crippen LogP contribution is 2.14. The fraction of sp³-hybridized carbons (Fsp3) is 0.538. The molecule has 0 spiro atoms. The van der Waals surface area contributed by atoms with Crippen molar-refractivity contribution < 1.29 is 9.84 Å². The molecule has 1 N–H and O–H groups in total. The van der Waals surface area contributed by atoms with Crippen LogP contribution in [0.4, 0.5) is 0 Å². The minimum absolute atomic E-state index is 0.0726. The lowest BCUT2D eigenvalue weighted by atomic mass is 10.1. The van der Waals surface area contributed by atoms with Gasteiger partial charge in [-0.05, 0) is 36.5 Å². The van der Waals surface area contributed by atoms with Gasteiger partial charge in [0.05, 0.1) is 13.2 Å². The average Bonchev–Trinajstić information content (AvgIpc) is 2.24. The number of rotatable bonds is 6. The third-order valence-electron chi connectivity index (χ3n) is 2.28. The Bertz CT molecular complexity index is 282. The van der Waals surface area contributed by atoms with Gasteiger partial charge >= 0.3 is 0 Å². The molecule has 0 radical (unpaired) electrons. The Morgan fingerprint density at radius 3 is 2.80 bits per heavy atom. The second kappa shape index (κ2) is 6.46. The molecule has 0 amide bonds. The summed E-state index contributed by atoms with van der Waals surface area (Å²) < 4.78 is 5.59. The average molecular weight is 208 g/mol. The molecule has 0 aliphatic heterocycles. The molecule has 1 aromatic rings. The summed E-state index contributed by atoms with van der Waals surface area (Å²) in [6.45, 7) is 5.26. The Kier molecular flexibility index (Phi) is 5.19. The molecule has 0 aliphatic rings. The monoisotopic (exact) mass is 208 g/mol. The van der Waals surface area contributed by atoms with Gasteiger partial charge < -0.3 is 9.84 Å². The van der Waals surface area contributed by atoms with Crippen LogP contribution in [0.15, 0.2) is 24.3 Å². The Morgan fingerprint density at radius 2 is 2.13 bits per heavy atom. The number of aliphatic hydroxyl groups excluding tert-OH is 1. The smallest absolute Gasteiger partial charge is 0.119 e. The Morgan fingerprint density at radius 1 is 1.33 bits per heavy atom. The number of ether oxygens (including phenoxy) is 1. The molecule has 0 bridgehead atoms. The summed E-state index contributed by atoms with van der Waals surface area (Å²) in [7, 11) is 0. The molecular formula is C13H20O2. The molecule has 1 aromatic carbocycles. The highest BCUT2D eigenvalue weighted by atomic mass is 16.5. The second-order valence-electron chi connectivity index (χ2n) is 4.19. The standard InChI is InChI=1S/C13H20O2/c1-11(2)5-4-8-15-13-7-3-6-12(9-13)10-14/h3,6-7,9,11,14H,4-5,8,10H2,1-2H3. The van der Waals surface area contributed by atoms with Crippen molar-refractivity contribution in [1.82, 2.24) is 0 Å². The minimum Gasteiger partial charge on any atom is -0.494 e. The molecule has 0 aromatic heterocycles. The normalized spacial score (nSPS) is 10.7. The van der Waals surface area contributed by atoms with E-state index in [4.69, 9.17) is 9.84 Å². The van der Waals surface area contributed by atoms with Crippen molar-refractivity contribution in [1.29, 1.82) is 0 Å². The lowest BCUT2D eigenvalue weighted by Crippen LogP contribution is -1.99. The van der Waals surface area contributed by atoms with Gasteiger partial charge in [-0.15, -0.1) is 0 Å². The van der Waals surface area contributed by atoms with Crippen LogP contribution in [0.2, 0.25) is 0 Å². The molecule has 0 heterocycles. The van der Waals surface area contributed by atoms with Crippen molar-refractivity contribution in [3.63, 3.8) is 0 Å². The van der Waals surface area contributed by atoms with Gasteiger partial charge in [0.25, 0.3) is 0 Å². The van der Waals surface area contributed by atoms with E-state index in [1.54, 1.807) is 0 Å². The van der Waals surface area contributed by atoms with E-state index in [9.17, 15) is 0 Å². The predicted octanol–water partition coefficient (Wildman–Crippen LogP) is 2.99. The van der Waals surface area contributed by atoms with Gasteiger partial charge in [-0.25, -0.2) is 0 Å². The molecule has 0 saturated carbocycles. The Labute approximate surface area is 91.9 Å². The topological polar surface area (TPSA) is 29.5 Å². The first-order valence-corrected chi connectivity index (χ1v) is 5.55. The Hall–Kier alpha value is -1.02. The molecule has 0 fully saturated rings. The van der Waals surface area contributed by atoms with Gasteiger partial charge in [0, 0.05) is 0 Å². The van der Waals surface area contributed by atoms with Crippen LogP contribution >= 0.6 is 0 Å². The number of benzene rings is 1. The SMILES string of the molecule is CC(C)CCCOc1cccc(CO)c1. The van der Waals surface area contributed by atoms with Crippen LogP contribution in [0.25, 0.3) is 0 Å². The molecule has 2 heteroatoms. The summed E-state index contributed by atoms with van der Waals surface area (Å²) in [5, 5.41) is 8.95. The third-order valence-corrected chi connectivity index (χ3v) is 2.28. The van der Waals surface area contributed by atoms with E-state index in [0.29, 0.717) is 0 Å². The largest absolute Gasteiger partial charge is 0.494 e. The molecule has 0 saturated heterocycles. The van der Waals surface area contributed by atoms with Gasteiger partial charge in [0.15, 0.2) is 0 Å². The van der Waals surface area contributed by atoms with Crippen molar-refractivity contribution >= 4 is 0 Å². The van der Waals surface area contributed by atoms with Gasteiger partial charge in [0.1, 0.15) is 5.75 Å². The number of aliphatic hydroxyl groups is 1. The van der Waals surface area contributed by atoms with E-state index in [2.05, 4.69) is 13.8 Å². The maximum atomic E-state index is 8.95. The first kappa shape index (κ1) is 12.1. The summed E-state index contributed by atoms with van der Waals surface area (Å²) in [5.74, 6) is 1.59. The van der Waals surface area contributed by atoms with E-state index in [0.717, 1.165) is 30.3 Å². The highest BCUT2D eigenvalue weighted by Gasteiger charge is 1.97. The predicted molar refractivity (Wildman–Crippen MR) is 61.9 cm³/mol. The fourth-order valence-corrected chi connectivity index (χ4v) is 1.42. The van der Waals surface area contributed by atoms with Crippen molar-refractivity contribution in [2.45, 2.75) is 33.3 Å². The van der Waals surface area contributed by atoms with E-state index < -0.39 is 0 Å². The Balaban J connectivity index is 2.30. The van der Waals surface area contributed by atoms with Gasteiger partial charge in [-0.2, -0.15) is 0 Å². The summed E-state index contributed by atoms with van der Waals surface area (Å²) in [6, 6.07) is 7.61. The lowest BCUT2D eigenvalue weighted by molar-refractivity contribution is 0.277. The zero-order chi connectivity index (χ0) is 11.1. The minimum atomic E-state index is 0.0726.